The lowest BCUT2D eigenvalue weighted by Gasteiger charge is -2.33. The van der Waals surface area contributed by atoms with Crippen LogP contribution >= 0.6 is 0 Å². The Hall–Kier alpha value is -2.82. The minimum absolute atomic E-state index is 0.0185. The number of hydrogen-bond donors (Lipinski definition) is 0. The fourth-order valence-electron chi connectivity index (χ4n) is 4.08. The molecule has 27 heavy (non-hydrogen) atoms. The van der Waals surface area contributed by atoms with E-state index in [4.69, 9.17) is 9.47 Å². The molecule has 1 fully saturated rings. The third-order valence-corrected chi connectivity index (χ3v) is 5.33. The van der Waals surface area contributed by atoms with Gasteiger partial charge in [0.2, 0.25) is 0 Å². The molecule has 2 aliphatic heterocycles. The summed E-state index contributed by atoms with van der Waals surface area (Å²) in [5, 5.41) is 0. The number of rotatable bonds is 4. The first-order valence-corrected chi connectivity index (χ1v) is 9.20. The molecule has 1 amide bonds. The van der Waals surface area contributed by atoms with Crippen molar-refractivity contribution in [2.24, 2.45) is 0 Å². The molecule has 2 bridgehead atoms. The van der Waals surface area contributed by atoms with Crippen LogP contribution in [0.5, 0.6) is 5.75 Å². The molecule has 5 heteroatoms. The van der Waals surface area contributed by atoms with Crippen LogP contribution in [0.4, 0.5) is 9.18 Å². The van der Waals surface area contributed by atoms with Gasteiger partial charge in [0.05, 0.1) is 13.2 Å². The van der Waals surface area contributed by atoms with Crippen molar-refractivity contribution >= 4 is 11.7 Å². The largest absolute Gasteiger partial charge is 0.493 e. The van der Waals surface area contributed by atoms with Crippen molar-refractivity contribution in [3.63, 3.8) is 0 Å². The Labute approximate surface area is 158 Å². The maximum absolute atomic E-state index is 14.0. The summed E-state index contributed by atoms with van der Waals surface area (Å²) in [5.74, 6) is -0.101. The van der Waals surface area contributed by atoms with E-state index in [1.165, 1.54) is 13.2 Å². The van der Waals surface area contributed by atoms with Gasteiger partial charge in [-0.25, -0.2) is 9.18 Å². The van der Waals surface area contributed by atoms with Crippen molar-refractivity contribution in [2.45, 2.75) is 38.0 Å². The Bertz CT molecular complexity index is 865. The molecule has 2 unspecified atom stereocenters. The van der Waals surface area contributed by atoms with E-state index in [0.29, 0.717) is 6.42 Å². The third kappa shape index (κ3) is 3.42. The summed E-state index contributed by atoms with van der Waals surface area (Å²) in [4.78, 5) is 14.5. The van der Waals surface area contributed by atoms with Gasteiger partial charge in [-0.3, -0.25) is 4.90 Å². The van der Waals surface area contributed by atoms with Crippen molar-refractivity contribution in [3.05, 3.63) is 71.6 Å². The van der Waals surface area contributed by atoms with Crippen LogP contribution in [0.2, 0.25) is 0 Å². The summed E-state index contributed by atoms with van der Waals surface area (Å²) in [6.07, 6.45) is 4.27. The second kappa shape index (κ2) is 7.43. The molecule has 0 spiro atoms. The van der Waals surface area contributed by atoms with Gasteiger partial charge in [-0.15, -0.1) is 0 Å². The normalized spacial score (nSPS) is 21.0. The van der Waals surface area contributed by atoms with E-state index in [0.717, 1.165) is 29.5 Å². The van der Waals surface area contributed by atoms with Gasteiger partial charge in [0, 0.05) is 11.6 Å². The zero-order valence-corrected chi connectivity index (χ0v) is 15.2. The molecule has 4 rings (SSSR count). The highest BCUT2D eigenvalue weighted by Gasteiger charge is 2.41. The van der Waals surface area contributed by atoms with Gasteiger partial charge < -0.3 is 9.47 Å². The van der Waals surface area contributed by atoms with Gasteiger partial charge in [-0.2, -0.15) is 0 Å². The molecular formula is C22H22FNO3. The fourth-order valence-corrected chi connectivity index (χ4v) is 4.08. The molecular weight excluding hydrogens is 345 g/mol. The Morgan fingerprint density at radius 2 is 1.96 bits per heavy atom. The zero-order chi connectivity index (χ0) is 18.8. The number of para-hydroxylation sites is 1. The van der Waals surface area contributed by atoms with E-state index in [1.807, 2.05) is 41.3 Å². The Balaban J connectivity index is 1.51. The second-order valence-electron chi connectivity index (χ2n) is 6.96. The van der Waals surface area contributed by atoms with E-state index in [2.05, 4.69) is 6.08 Å². The van der Waals surface area contributed by atoms with E-state index >= 15 is 0 Å². The predicted molar refractivity (Wildman–Crippen MR) is 101 cm³/mol. The number of methoxy groups -OCH3 is 1. The summed E-state index contributed by atoms with van der Waals surface area (Å²) in [7, 11) is 1.48. The maximum Gasteiger partial charge on any atom is 0.410 e. The van der Waals surface area contributed by atoms with Crippen LogP contribution in [-0.2, 0) is 11.3 Å². The molecule has 0 saturated carbocycles. The number of nitrogens with zero attached hydrogens (tertiary/aromatic N) is 1. The van der Waals surface area contributed by atoms with Gasteiger partial charge in [-0.05, 0) is 36.5 Å². The summed E-state index contributed by atoms with van der Waals surface area (Å²) < 4.78 is 24.8. The highest BCUT2D eigenvalue weighted by molar-refractivity contribution is 5.77. The summed E-state index contributed by atoms with van der Waals surface area (Å²) in [6, 6.07) is 14.7. The quantitative estimate of drug-likeness (QED) is 0.780. The molecule has 0 aromatic heterocycles. The molecule has 4 nitrogen and oxygen atoms in total. The molecule has 2 aromatic carbocycles. The SMILES string of the molecule is COc1c(F)cccc1C1=CC2CCC(C1)N2C(=O)OCc1ccccc1. The van der Waals surface area contributed by atoms with Crippen molar-refractivity contribution < 1.29 is 18.7 Å². The molecule has 0 aliphatic carbocycles. The first kappa shape index (κ1) is 17.6. The number of carbonyl (C=O) groups excluding carboxylic acids is 1. The van der Waals surface area contributed by atoms with Crippen LogP contribution in [0.3, 0.4) is 0 Å². The Kier molecular flexibility index (Phi) is 4.84. The van der Waals surface area contributed by atoms with Gasteiger partial charge in [0.1, 0.15) is 6.61 Å². The highest BCUT2D eigenvalue weighted by Crippen LogP contribution is 2.41. The Morgan fingerprint density at radius 3 is 2.70 bits per heavy atom. The van der Waals surface area contributed by atoms with Crippen LogP contribution in [0.1, 0.15) is 30.4 Å². The number of halogens is 1. The van der Waals surface area contributed by atoms with Crippen molar-refractivity contribution in [2.75, 3.05) is 7.11 Å². The smallest absolute Gasteiger partial charge is 0.410 e. The molecule has 2 heterocycles. The van der Waals surface area contributed by atoms with Crippen molar-refractivity contribution in [1.29, 1.82) is 0 Å². The number of benzene rings is 2. The van der Waals surface area contributed by atoms with Gasteiger partial charge in [0.25, 0.3) is 0 Å². The molecule has 2 aromatic rings. The van der Waals surface area contributed by atoms with E-state index < -0.39 is 0 Å². The van der Waals surface area contributed by atoms with Crippen LogP contribution in [0.15, 0.2) is 54.6 Å². The van der Waals surface area contributed by atoms with E-state index in [-0.39, 0.29) is 36.4 Å². The molecule has 0 radical (unpaired) electrons. The number of amides is 1. The average Bonchev–Trinajstić information content (AvgIpc) is 2.96. The van der Waals surface area contributed by atoms with E-state index in [1.54, 1.807) is 6.07 Å². The van der Waals surface area contributed by atoms with Crippen LogP contribution < -0.4 is 4.74 Å². The minimum Gasteiger partial charge on any atom is -0.493 e. The number of ether oxygens (including phenoxy) is 2. The maximum atomic E-state index is 14.0. The lowest BCUT2D eigenvalue weighted by atomic mass is 9.94. The van der Waals surface area contributed by atoms with Gasteiger partial charge in [-0.1, -0.05) is 48.5 Å². The lowest BCUT2D eigenvalue weighted by Crippen LogP contribution is -2.43. The molecule has 0 N–H and O–H groups in total. The van der Waals surface area contributed by atoms with Crippen LogP contribution in [0, 0.1) is 5.82 Å². The number of hydrogen-bond acceptors (Lipinski definition) is 3. The standard InChI is InChI=1S/C22H22FNO3/c1-26-21-19(8-5-9-20(21)23)16-12-17-10-11-18(13-16)24(17)22(25)27-14-15-6-3-2-4-7-15/h2-9,12,17-18H,10-11,13-14H2,1H3. The van der Waals surface area contributed by atoms with Crippen molar-refractivity contribution in [3.8, 4) is 5.75 Å². The molecule has 2 aliphatic rings. The first-order valence-electron chi connectivity index (χ1n) is 9.20. The van der Waals surface area contributed by atoms with Crippen LogP contribution in [0.25, 0.3) is 5.57 Å². The Morgan fingerprint density at radius 1 is 1.15 bits per heavy atom. The predicted octanol–water partition coefficient (Wildman–Crippen LogP) is 4.79. The van der Waals surface area contributed by atoms with Crippen LogP contribution in [-0.4, -0.2) is 30.2 Å². The average molecular weight is 367 g/mol. The number of fused-ring (bicyclic) bond motifs is 2. The minimum atomic E-state index is -0.368. The van der Waals surface area contributed by atoms with Crippen molar-refractivity contribution in [1.82, 2.24) is 4.90 Å². The lowest BCUT2D eigenvalue weighted by molar-refractivity contribution is 0.0832. The molecule has 1 saturated heterocycles. The molecule has 2 atom stereocenters. The van der Waals surface area contributed by atoms with Gasteiger partial charge >= 0.3 is 6.09 Å². The first-order chi connectivity index (χ1) is 13.2. The highest BCUT2D eigenvalue weighted by atomic mass is 19.1. The summed E-state index contributed by atoms with van der Waals surface area (Å²) in [6.45, 7) is 0.268. The zero-order valence-electron chi connectivity index (χ0n) is 15.2. The summed E-state index contributed by atoms with van der Waals surface area (Å²) >= 11 is 0. The summed E-state index contributed by atoms with van der Waals surface area (Å²) in [5.41, 5.74) is 2.77. The van der Waals surface area contributed by atoms with E-state index in [9.17, 15) is 9.18 Å². The fraction of sp³-hybridized carbons (Fsp3) is 0.318. The second-order valence-corrected chi connectivity index (χ2v) is 6.96. The molecule has 140 valence electrons. The van der Waals surface area contributed by atoms with Gasteiger partial charge in [0.15, 0.2) is 11.6 Å². The third-order valence-electron chi connectivity index (χ3n) is 5.33. The topological polar surface area (TPSA) is 38.8 Å². The number of carbonyl (C=O) groups is 1. The monoisotopic (exact) mass is 367 g/mol.